The number of carbonyl (C=O) groups excluding carboxylic acids is 1. The lowest BCUT2D eigenvalue weighted by atomic mass is 10.0. The quantitative estimate of drug-likeness (QED) is 0.826. The molecule has 1 aliphatic rings. The molecule has 1 amide bonds. The Bertz CT molecular complexity index is 489. The summed E-state index contributed by atoms with van der Waals surface area (Å²) in [7, 11) is 0. The van der Waals surface area contributed by atoms with Gasteiger partial charge in [-0.2, -0.15) is 0 Å². The highest BCUT2D eigenvalue weighted by atomic mass is 16.5. The Balaban J connectivity index is 1.70. The molecule has 1 heterocycles. The highest BCUT2D eigenvalue weighted by molar-refractivity contribution is 5.76. The minimum Gasteiger partial charge on any atom is -0.364 e. The summed E-state index contributed by atoms with van der Waals surface area (Å²) in [6, 6.07) is 8.70. The van der Waals surface area contributed by atoms with Crippen LogP contribution in [0.2, 0.25) is 0 Å². The lowest BCUT2D eigenvalue weighted by molar-refractivity contribution is -0.907. The molecule has 0 saturated carbocycles. The monoisotopic (exact) mass is 319 g/mol. The Morgan fingerprint density at radius 3 is 2.39 bits per heavy atom. The normalized spacial score (nSPS) is 24.7. The molecule has 23 heavy (non-hydrogen) atoms. The summed E-state index contributed by atoms with van der Waals surface area (Å²) >= 11 is 0. The van der Waals surface area contributed by atoms with Gasteiger partial charge in [0.05, 0.1) is 0 Å². The van der Waals surface area contributed by atoms with Gasteiger partial charge >= 0.3 is 0 Å². The van der Waals surface area contributed by atoms with Gasteiger partial charge in [-0.05, 0) is 37.3 Å². The summed E-state index contributed by atoms with van der Waals surface area (Å²) in [5.41, 5.74) is 2.63. The molecule has 0 unspecified atom stereocenters. The van der Waals surface area contributed by atoms with E-state index in [4.69, 9.17) is 4.74 Å². The number of hydrogen-bond acceptors (Lipinski definition) is 2. The molecule has 2 rings (SSSR count). The Morgan fingerprint density at radius 1 is 1.22 bits per heavy atom. The van der Waals surface area contributed by atoms with Crippen LogP contribution in [0.1, 0.15) is 44.7 Å². The van der Waals surface area contributed by atoms with E-state index < -0.39 is 0 Å². The maximum absolute atomic E-state index is 12.1. The Kier molecular flexibility index (Phi) is 6.60. The number of hydrogen-bond donors (Lipinski definition) is 2. The molecule has 1 aromatic carbocycles. The van der Waals surface area contributed by atoms with E-state index >= 15 is 0 Å². The zero-order chi connectivity index (χ0) is 16.8. The molecule has 0 spiro atoms. The summed E-state index contributed by atoms with van der Waals surface area (Å²) in [6.07, 6.45) is 1.36. The van der Waals surface area contributed by atoms with Crippen LogP contribution in [0, 0.1) is 0 Å². The molecule has 4 heteroatoms. The molecule has 1 aromatic rings. The van der Waals surface area contributed by atoms with Crippen molar-refractivity contribution in [2.24, 2.45) is 0 Å². The summed E-state index contributed by atoms with van der Waals surface area (Å²) < 4.78 is 5.71. The number of benzene rings is 1. The maximum Gasteiger partial charge on any atom is 0.275 e. The Hall–Kier alpha value is -1.39. The molecule has 128 valence electrons. The number of quaternary nitrogens is 1. The van der Waals surface area contributed by atoms with E-state index in [0.717, 1.165) is 19.5 Å². The summed E-state index contributed by atoms with van der Waals surface area (Å²) in [5, 5.41) is 3.04. The van der Waals surface area contributed by atoms with E-state index in [-0.39, 0.29) is 18.1 Å². The van der Waals surface area contributed by atoms with Gasteiger partial charge in [-0.15, -0.1) is 0 Å². The highest BCUT2D eigenvalue weighted by Gasteiger charge is 2.26. The van der Waals surface area contributed by atoms with Gasteiger partial charge in [0.1, 0.15) is 25.3 Å². The predicted octanol–water partition coefficient (Wildman–Crippen LogP) is 1.16. The van der Waals surface area contributed by atoms with E-state index in [0.29, 0.717) is 19.0 Å². The minimum atomic E-state index is 0.139. The average molecular weight is 319 g/mol. The molecule has 0 bridgehead atoms. The first-order valence-electron chi connectivity index (χ1n) is 8.78. The molecular weight excluding hydrogens is 288 g/mol. The zero-order valence-corrected chi connectivity index (χ0v) is 14.9. The van der Waals surface area contributed by atoms with Crippen molar-refractivity contribution < 1.29 is 14.4 Å². The Morgan fingerprint density at radius 2 is 1.83 bits per heavy atom. The van der Waals surface area contributed by atoms with Gasteiger partial charge in [0.15, 0.2) is 6.54 Å². The molecule has 4 nitrogen and oxygen atoms in total. The fraction of sp³-hybridized carbons (Fsp3) is 0.632. The third-order valence-corrected chi connectivity index (χ3v) is 4.41. The van der Waals surface area contributed by atoms with Crippen molar-refractivity contribution in [3.63, 3.8) is 0 Å². The molecule has 0 radical (unpaired) electrons. The predicted molar refractivity (Wildman–Crippen MR) is 92.8 cm³/mol. The molecule has 0 aliphatic carbocycles. The molecule has 1 saturated heterocycles. The second-order valence-electron chi connectivity index (χ2n) is 7.09. The number of amides is 1. The van der Waals surface area contributed by atoms with Crippen LogP contribution >= 0.6 is 0 Å². The van der Waals surface area contributed by atoms with Crippen LogP contribution in [-0.4, -0.2) is 44.3 Å². The fourth-order valence-electron chi connectivity index (χ4n) is 3.24. The first-order valence-corrected chi connectivity index (χ1v) is 8.78. The van der Waals surface area contributed by atoms with Crippen LogP contribution in [0.25, 0.3) is 0 Å². The van der Waals surface area contributed by atoms with Crippen molar-refractivity contribution >= 4 is 5.91 Å². The van der Waals surface area contributed by atoms with Crippen molar-refractivity contribution in [1.82, 2.24) is 5.32 Å². The van der Waals surface area contributed by atoms with E-state index in [1.807, 2.05) is 0 Å². The van der Waals surface area contributed by atoms with Gasteiger partial charge in [0.2, 0.25) is 0 Å². The standard InChI is InChI=1S/C19H30N2O2/c1-14(2)18-7-5-17(6-8-18)9-10-20-19(22)13-21-11-15(3)23-16(4)12-21/h5-8,14-16H,9-13H2,1-4H3,(H,20,22)/p+1/t15-,16-/m1/s1. The number of carbonyl (C=O) groups is 1. The van der Waals surface area contributed by atoms with Gasteiger partial charge in [-0.25, -0.2) is 0 Å². The van der Waals surface area contributed by atoms with Crippen molar-refractivity contribution in [3.8, 4) is 0 Å². The number of morpholine rings is 1. The van der Waals surface area contributed by atoms with E-state index in [1.165, 1.54) is 16.0 Å². The van der Waals surface area contributed by atoms with Gasteiger partial charge in [-0.1, -0.05) is 38.1 Å². The van der Waals surface area contributed by atoms with Crippen molar-refractivity contribution in [1.29, 1.82) is 0 Å². The van der Waals surface area contributed by atoms with Crippen LogP contribution in [0.15, 0.2) is 24.3 Å². The number of ether oxygens (including phenoxy) is 1. The third kappa shape index (κ3) is 5.96. The SMILES string of the molecule is CC(C)c1ccc(CCNC(=O)C[NH+]2C[C@@H](C)O[C@H](C)C2)cc1. The van der Waals surface area contributed by atoms with Crippen LogP contribution < -0.4 is 10.2 Å². The van der Waals surface area contributed by atoms with E-state index in [1.54, 1.807) is 0 Å². The van der Waals surface area contributed by atoms with Gasteiger partial charge in [0.25, 0.3) is 5.91 Å². The van der Waals surface area contributed by atoms with E-state index in [2.05, 4.69) is 57.3 Å². The molecule has 0 aromatic heterocycles. The lowest BCUT2D eigenvalue weighted by Crippen LogP contribution is -3.16. The van der Waals surface area contributed by atoms with Crippen molar-refractivity contribution in [3.05, 3.63) is 35.4 Å². The lowest BCUT2D eigenvalue weighted by Gasteiger charge is -2.31. The largest absolute Gasteiger partial charge is 0.364 e. The van der Waals surface area contributed by atoms with Crippen LogP contribution in [-0.2, 0) is 16.0 Å². The van der Waals surface area contributed by atoms with Gasteiger partial charge in [-0.3, -0.25) is 4.79 Å². The highest BCUT2D eigenvalue weighted by Crippen LogP contribution is 2.14. The van der Waals surface area contributed by atoms with Crippen LogP contribution in [0.4, 0.5) is 0 Å². The topological polar surface area (TPSA) is 42.8 Å². The van der Waals surface area contributed by atoms with Crippen molar-refractivity contribution in [2.45, 2.75) is 52.2 Å². The first kappa shape index (κ1) is 18.0. The van der Waals surface area contributed by atoms with Crippen LogP contribution in [0.3, 0.4) is 0 Å². The molecule has 1 aliphatic heterocycles. The summed E-state index contributed by atoms with van der Waals surface area (Å²) in [4.78, 5) is 13.4. The second-order valence-corrected chi connectivity index (χ2v) is 7.09. The van der Waals surface area contributed by atoms with Crippen molar-refractivity contribution in [2.75, 3.05) is 26.2 Å². The molecule has 2 atom stereocenters. The number of nitrogens with one attached hydrogen (secondary N) is 2. The smallest absolute Gasteiger partial charge is 0.275 e. The summed E-state index contributed by atoms with van der Waals surface area (Å²) in [5.74, 6) is 0.699. The van der Waals surface area contributed by atoms with Gasteiger partial charge < -0.3 is 15.0 Å². The van der Waals surface area contributed by atoms with E-state index in [9.17, 15) is 4.79 Å². The first-order chi connectivity index (χ1) is 10.9. The average Bonchev–Trinajstić information content (AvgIpc) is 2.46. The second kappa shape index (κ2) is 8.46. The van der Waals surface area contributed by atoms with Crippen LogP contribution in [0.5, 0.6) is 0 Å². The third-order valence-electron chi connectivity index (χ3n) is 4.41. The maximum atomic E-state index is 12.1. The molecule has 1 fully saturated rings. The fourth-order valence-corrected chi connectivity index (χ4v) is 3.24. The van der Waals surface area contributed by atoms with Gasteiger partial charge in [0, 0.05) is 6.54 Å². The zero-order valence-electron chi connectivity index (χ0n) is 14.9. The molecular formula is C19H31N2O2+. The minimum absolute atomic E-state index is 0.139. The summed E-state index contributed by atoms with van der Waals surface area (Å²) in [6.45, 7) is 11.6. The Labute approximate surface area is 140 Å². The molecule has 2 N–H and O–H groups in total. The number of rotatable bonds is 6.